The van der Waals surface area contributed by atoms with Gasteiger partial charge in [0.1, 0.15) is 0 Å². The van der Waals surface area contributed by atoms with Crippen molar-refractivity contribution in [3.8, 4) is 0 Å². The molecular weight excluding hydrogens is 362 g/mol. The van der Waals surface area contributed by atoms with Crippen molar-refractivity contribution in [1.29, 1.82) is 0 Å². The fourth-order valence-corrected chi connectivity index (χ4v) is 4.75. The molecular formula is C24H29N3O2. The van der Waals surface area contributed by atoms with Crippen LogP contribution >= 0.6 is 0 Å². The maximum Gasteiger partial charge on any atom is 0.238 e. The van der Waals surface area contributed by atoms with Gasteiger partial charge in [0.25, 0.3) is 0 Å². The predicted octanol–water partition coefficient (Wildman–Crippen LogP) is 2.70. The van der Waals surface area contributed by atoms with E-state index in [-0.39, 0.29) is 18.2 Å². The molecule has 2 aliphatic heterocycles. The van der Waals surface area contributed by atoms with Crippen LogP contribution in [0.4, 0.5) is 5.69 Å². The molecule has 0 N–H and O–H groups in total. The van der Waals surface area contributed by atoms with Crippen molar-refractivity contribution in [1.82, 2.24) is 9.80 Å². The first-order valence-corrected chi connectivity index (χ1v) is 10.5. The molecule has 5 heteroatoms. The molecule has 2 amide bonds. The molecule has 1 fully saturated rings. The van der Waals surface area contributed by atoms with Crippen LogP contribution in [0, 0.1) is 0 Å². The van der Waals surface area contributed by atoms with E-state index in [1.54, 1.807) is 4.90 Å². The van der Waals surface area contributed by atoms with E-state index in [9.17, 15) is 9.59 Å². The summed E-state index contributed by atoms with van der Waals surface area (Å²) >= 11 is 0. The van der Waals surface area contributed by atoms with E-state index < -0.39 is 5.41 Å². The van der Waals surface area contributed by atoms with Crippen LogP contribution in [-0.2, 0) is 21.4 Å². The minimum Gasteiger partial charge on any atom is -0.340 e. The minimum absolute atomic E-state index is 0.0168. The summed E-state index contributed by atoms with van der Waals surface area (Å²) in [7, 11) is 1.82. The standard InChI is InChI=1S/C24H29N3O2/c1-3-26-13-15-27(16-14-26)22(28)18-24(17-19-9-5-4-6-10-19)20-11-7-8-12-21(20)25(2)23(24)29/h4-12H,3,13-18H2,1-2H3/t24-/m0/s1. The van der Waals surface area contributed by atoms with Gasteiger partial charge >= 0.3 is 0 Å². The van der Waals surface area contributed by atoms with Crippen LogP contribution in [0.15, 0.2) is 54.6 Å². The molecule has 2 aromatic carbocycles. The summed E-state index contributed by atoms with van der Waals surface area (Å²) in [5, 5.41) is 0. The number of carbonyl (C=O) groups is 2. The van der Waals surface area contributed by atoms with E-state index in [4.69, 9.17) is 0 Å². The average Bonchev–Trinajstić information content (AvgIpc) is 2.97. The van der Waals surface area contributed by atoms with E-state index in [0.29, 0.717) is 6.42 Å². The first-order valence-electron chi connectivity index (χ1n) is 10.5. The second kappa shape index (κ2) is 7.99. The van der Waals surface area contributed by atoms with Gasteiger partial charge in [-0.25, -0.2) is 0 Å². The summed E-state index contributed by atoms with van der Waals surface area (Å²) in [6.07, 6.45) is 0.753. The van der Waals surface area contributed by atoms with Gasteiger partial charge in [-0.15, -0.1) is 0 Å². The summed E-state index contributed by atoms with van der Waals surface area (Å²) < 4.78 is 0. The summed E-state index contributed by atoms with van der Waals surface area (Å²) in [5.74, 6) is 0.0956. The lowest BCUT2D eigenvalue weighted by atomic mass is 9.73. The van der Waals surface area contributed by atoms with Crippen LogP contribution in [0.1, 0.15) is 24.5 Å². The Balaban J connectivity index is 1.67. The average molecular weight is 392 g/mol. The monoisotopic (exact) mass is 391 g/mol. The van der Waals surface area contributed by atoms with E-state index in [1.165, 1.54) is 0 Å². The number of piperazine rings is 1. The van der Waals surface area contributed by atoms with Gasteiger partial charge in [-0.1, -0.05) is 55.5 Å². The summed E-state index contributed by atoms with van der Waals surface area (Å²) in [4.78, 5) is 32.9. The third kappa shape index (κ3) is 3.55. The molecule has 2 heterocycles. The summed E-state index contributed by atoms with van der Waals surface area (Å²) in [5.41, 5.74) is 2.12. The fourth-order valence-electron chi connectivity index (χ4n) is 4.75. The first kappa shape index (κ1) is 19.6. The maximum absolute atomic E-state index is 13.6. The Kier molecular flexibility index (Phi) is 5.41. The van der Waals surface area contributed by atoms with Crippen LogP contribution in [-0.4, -0.2) is 61.4 Å². The second-order valence-corrected chi connectivity index (χ2v) is 8.12. The van der Waals surface area contributed by atoms with Gasteiger partial charge in [0.15, 0.2) is 0 Å². The van der Waals surface area contributed by atoms with Crippen molar-refractivity contribution < 1.29 is 9.59 Å². The van der Waals surface area contributed by atoms with Gasteiger partial charge in [0.2, 0.25) is 11.8 Å². The normalized spacial score (nSPS) is 22.1. The molecule has 0 saturated carbocycles. The van der Waals surface area contributed by atoms with Crippen LogP contribution in [0.25, 0.3) is 0 Å². The second-order valence-electron chi connectivity index (χ2n) is 8.12. The number of nitrogens with zero attached hydrogens (tertiary/aromatic N) is 3. The van der Waals surface area contributed by atoms with Gasteiger partial charge in [0.05, 0.1) is 5.41 Å². The Morgan fingerprint density at radius 2 is 1.62 bits per heavy atom. The van der Waals surface area contributed by atoms with Gasteiger partial charge in [-0.3, -0.25) is 9.59 Å². The molecule has 29 heavy (non-hydrogen) atoms. The zero-order valence-electron chi connectivity index (χ0n) is 17.3. The molecule has 2 aliphatic rings. The van der Waals surface area contributed by atoms with E-state index in [2.05, 4.69) is 11.8 Å². The van der Waals surface area contributed by atoms with Crippen LogP contribution < -0.4 is 4.90 Å². The third-order valence-electron chi connectivity index (χ3n) is 6.47. The minimum atomic E-state index is -0.842. The highest BCUT2D eigenvalue weighted by molar-refractivity contribution is 6.09. The molecule has 0 aliphatic carbocycles. The molecule has 1 atom stereocenters. The van der Waals surface area contributed by atoms with Crippen molar-refractivity contribution in [2.75, 3.05) is 44.7 Å². The number of fused-ring (bicyclic) bond motifs is 1. The lowest BCUT2D eigenvalue weighted by molar-refractivity contribution is -0.137. The highest BCUT2D eigenvalue weighted by atomic mass is 16.2. The number of anilines is 1. The van der Waals surface area contributed by atoms with Crippen LogP contribution in [0.3, 0.4) is 0 Å². The van der Waals surface area contributed by atoms with E-state index >= 15 is 0 Å². The number of benzene rings is 2. The Labute approximate surface area is 172 Å². The number of amides is 2. The summed E-state index contributed by atoms with van der Waals surface area (Å²) in [6, 6.07) is 18.0. The van der Waals surface area contributed by atoms with Crippen molar-refractivity contribution in [2.24, 2.45) is 0 Å². The van der Waals surface area contributed by atoms with Crippen molar-refractivity contribution in [3.63, 3.8) is 0 Å². The van der Waals surface area contributed by atoms with Gasteiger partial charge in [0, 0.05) is 45.3 Å². The molecule has 5 nitrogen and oxygen atoms in total. The number of rotatable bonds is 5. The predicted molar refractivity (Wildman–Crippen MR) is 115 cm³/mol. The SMILES string of the molecule is CCN1CCN(C(=O)C[C@]2(Cc3ccccc3)C(=O)N(C)c3ccccc32)CC1. The number of hydrogen-bond acceptors (Lipinski definition) is 3. The number of carbonyl (C=O) groups excluding carboxylic acids is 2. The zero-order valence-corrected chi connectivity index (χ0v) is 17.3. The Hall–Kier alpha value is -2.66. The molecule has 0 unspecified atom stereocenters. The molecule has 4 rings (SSSR count). The van der Waals surface area contributed by atoms with Gasteiger partial charge in [-0.2, -0.15) is 0 Å². The number of likely N-dealkylation sites (N-methyl/N-ethyl adjacent to an activating group) is 2. The fraction of sp³-hybridized carbons (Fsp3) is 0.417. The van der Waals surface area contributed by atoms with Crippen molar-refractivity contribution >= 4 is 17.5 Å². The summed E-state index contributed by atoms with van der Waals surface area (Å²) in [6.45, 7) is 6.43. The highest BCUT2D eigenvalue weighted by Crippen LogP contribution is 2.45. The lowest BCUT2D eigenvalue weighted by Crippen LogP contribution is -2.51. The molecule has 1 saturated heterocycles. The van der Waals surface area contributed by atoms with E-state index in [0.717, 1.165) is 49.5 Å². The molecule has 152 valence electrons. The zero-order chi connectivity index (χ0) is 20.4. The molecule has 0 radical (unpaired) electrons. The van der Waals surface area contributed by atoms with E-state index in [1.807, 2.05) is 66.5 Å². The highest BCUT2D eigenvalue weighted by Gasteiger charge is 2.51. The maximum atomic E-state index is 13.6. The molecule has 0 bridgehead atoms. The lowest BCUT2D eigenvalue weighted by Gasteiger charge is -2.36. The smallest absolute Gasteiger partial charge is 0.238 e. The topological polar surface area (TPSA) is 43.9 Å². The first-order chi connectivity index (χ1) is 14.0. The quantitative estimate of drug-likeness (QED) is 0.787. The Morgan fingerprint density at radius 1 is 0.966 bits per heavy atom. The molecule has 2 aromatic rings. The third-order valence-corrected chi connectivity index (χ3v) is 6.47. The molecule has 0 spiro atoms. The Morgan fingerprint density at radius 3 is 2.31 bits per heavy atom. The van der Waals surface area contributed by atoms with Crippen LogP contribution in [0.2, 0.25) is 0 Å². The number of hydrogen-bond donors (Lipinski definition) is 0. The van der Waals surface area contributed by atoms with Crippen molar-refractivity contribution in [2.45, 2.75) is 25.2 Å². The van der Waals surface area contributed by atoms with Gasteiger partial charge < -0.3 is 14.7 Å². The van der Waals surface area contributed by atoms with Crippen LogP contribution in [0.5, 0.6) is 0 Å². The largest absolute Gasteiger partial charge is 0.340 e. The van der Waals surface area contributed by atoms with Crippen molar-refractivity contribution in [3.05, 3.63) is 65.7 Å². The number of para-hydroxylation sites is 1. The Bertz CT molecular complexity index is 890. The molecule has 0 aromatic heterocycles. The van der Waals surface area contributed by atoms with Gasteiger partial charge in [-0.05, 0) is 30.2 Å².